The Morgan fingerprint density at radius 3 is 2.06 bits per heavy atom. The third-order valence-electron chi connectivity index (χ3n) is 3.41. The largest absolute Gasteiger partial charge is 0.481 e. The fourth-order valence-corrected chi connectivity index (χ4v) is 2.61. The van der Waals surface area contributed by atoms with Crippen molar-refractivity contribution >= 4 is 29.3 Å². The molecule has 3 atom stereocenters. The van der Waals surface area contributed by atoms with Gasteiger partial charge in [0.15, 0.2) is 17.4 Å². The van der Waals surface area contributed by atoms with Gasteiger partial charge in [-0.3, -0.25) is 9.59 Å². The van der Waals surface area contributed by atoms with E-state index in [1.807, 2.05) is 13.8 Å². The minimum atomic E-state index is -0.965. The number of hydrogen-bond donors (Lipinski definition) is 2. The number of hydrogen-bond acceptors (Lipinski definition) is 2. The average molecular weight is 244 g/mol. The van der Waals surface area contributed by atoms with Crippen molar-refractivity contribution in [1.29, 1.82) is 0 Å². The number of carboxylic acids is 2. The molecule has 0 aromatic rings. The van der Waals surface area contributed by atoms with Gasteiger partial charge in [0.1, 0.15) is 0 Å². The number of carboxylic acid groups (broad SMARTS) is 2. The fraction of sp³-hybridized carbons (Fsp3) is 0.818. The number of carbonyl (C=O) groups is 2. The summed E-state index contributed by atoms with van der Waals surface area (Å²) in [5, 5.41) is 18.1. The lowest BCUT2D eigenvalue weighted by Crippen LogP contribution is -2.40. The molecule has 1 aliphatic carbocycles. The predicted octanol–water partition coefficient (Wildman–Crippen LogP) is 0.660. The maximum atomic E-state index is 11.1. The van der Waals surface area contributed by atoms with E-state index in [2.05, 4.69) is 0 Å². The minimum Gasteiger partial charge on any atom is -0.481 e. The fourth-order valence-electron chi connectivity index (χ4n) is 2.61. The second-order valence-electron chi connectivity index (χ2n) is 4.65. The first kappa shape index (κ1) is 15.5. The van der Waals surface area contributed by atoms with Crippen LogP contribution in [0.3, 0.4) is 0 Å². The molecule has 0 spiro atoms. The Bertz CT molecular complexity index is 265. The van der Waals surface area contributed by atoms with E-state index >= 15 is 0 Å². The first-order valence-electron chi connectivity index (χ1n) is 5.40. The Hall–Kier alpha value is -0.528. The van der Waals surface area contributed by atoms with Gasteiger partial charge >= 0.3 is 11.9 Å². The van der Waals surface area contributed by atoms with E-state index in [1.54, 1.807) is 0 Å². The van der Waals surface area contributed by atoms with Crippen LogP contribution in [0, 0.1) is 23.7 Å². The van der Waals surface area contributed by atoms with Gasteiger partial charge in [0, 0.05) is 0 Å². The van der Waals surface area contributed by atoms with Crippen LogP contribution in [0.4, 0.5) is 0 Å². The van der Waals surface area contributed by atoms with Crippen molar-refractivity contribution < 1.29 is 19.8 Å². The Balaban J connectivity index is 0.00000225. The van der Waals surface area contributed by atoms with Gasteiger partial charge in [0.2, 0.25) is 0 Å². The summed E-state index contributed by atoms with van der Waals surface area (Å²) in [4.78, 5) is 22.1. The molecule has 4 nitrogen and oxygen atoms in total. The van der Waals surface area contributed by atoms with Gasteiger partial charge in [0.25, 0.3) is 0 Å². The van der Waals surface area contributed by atoms with Gasteiger partial charge in [0.05, 0.1) is 11.8 Å². The molecule has 0 aromatic heterocycles. The molecule has 16 heavy (non-hydrogen) atoms. The van der Waals surface area contributed by atoms with Crippen molar-refractivity contribution in [2.45, 2.75) is 33.1 Å². The van der Waals surface area contributed by atoms with E-state index in [-0.39, 0.29) is 29.2 Å². The molecule has 1 rings (SSSR count). The van der Waals surface area contributed by atoms with E-state index in [1.165, 1.54) is 0 Å². The third kappa shape index (κ3) is 3.23. The molecule has 3 unspecified atom stereocenters. The molecule has 0 aromatic carbocycles. The normalized spacial score (nSPS) is 29.6. The van der Waals surface area contributed by atoms with Crippen LogP contribution in [0.25, 0.3) is 0 Å². The van der Waals surface area contributed by atoms with Crippen LogP contribution in [-0.2, 0) is 9.59 Å². The van der Waals surface area contributed by atoms with E-state index in [0.29, 0.717) is 6.42 Å². The zero-order valence-corrected chi connectivity index (χ0v) is 9.14. The predicted molar refractivity (Wildman–Crippen MR) is 64.4 cm³/mol. The van der Waals surface area contributed by atoms with Crippen LogP contribution in [0.15, 0.2) is 0 Å². The summed E-state index contributed by atoms with van der Waals surface area (Å²) >= 11 is 0. The molecule has 2 N–H and O–H groups in total. The van der Waals surface area contributed by atoms with Gasteiger partial charge in [-0.25, -0.2) is 0 Å². The average Bonchev–Trinajstić information content (AvgIpc) is 2.16. The molecular formula is C11H21AlO4. The molecule has 0 amide bonds. The summed E-state index contributed by atoms with van der Waals surface area (Å²) in [5.41, 5.74) is 0. The zero-order chi connectivity index (χ0) is 11.6. The van der Waals surface area contributed by atoms with Gasteiger partial charge in [-0.15, -0.1) is 0 Å². The monoisotopic (exact) mass is 244 g/mol. The molecule has 1 saturated carbocycles. The molecule has 0 radical (unpaired) electrons. The molecule has 92 valence electrons. The standard InChI is InChI=1S/C11H18O4.Al.3H/c1-6(2)7-4-3-5-8(10(12)13)9(7)11(14)15;;;;/h6-9H,3-5H2,1-2H3,(H,12,13)(H,14,15);;;;. The summed E-state index contributed by atoms with van der Waals surface area (Å²) in [6.07, 6.45) is 2.15. The number of rotatable bonds is 3. The van der Waals surface area contributed by atoms with E-state index < -0.39 is 23.8 Å². The highest BCUT2D eigenvalue weighted by Gasteiger charge is 2.43. The van der Waals surface area contributed by atoms with Crippen molar-refractivity contribution in [3.05, 3.63) is 0 Å². The summed E-state index contributed by atoms with van der Waals surface area (Å²) in [5.74, 6) is -3.11. The molecule has 5 heteroatoms. The van der Waals surface area contributed by atoms with E-state index in [0.717, 1.165) is 12.8 Å². The third-order valence-corrected chi connectivity index (χ3v) is 3.41. The van der Waals surface area contributed by atoms with Crippen molar-refractivity contribution in [3.8, 4) is 0 Å². The number of aliphatic carboxylic acids is 2. The first-order valence-corrected chi connectivity index (χ1v) is 5.40. The van der Waals surface area contributed by atoms with Gasteiger partial charge < -0.3 is 10.2 Å². The molecule has 0 saturated heterocycles. The van der Waals surface area contributed by atoms with Crippen LogP contribution in [-0.4, -0.2) is 39.5 Å². The topological polar surface area (TPSA) is 74.6 Å². The molecule has 0 bridgehead atoms. The van der Waals surface area contributed by atoms with Crippen molar-refractivity contribution in [1.82, 2.24) is 0 Å². The van der Waals surface area contributed by atoms with Crippen molar-refractivity contribution in [2.24, 2.45) is 23.7 Å². The second-order valence-corrected chi connectivity index (χ2v) is 4.65. The quantitative estimate of drug-likeness (QED) is 0.715. The van der Waals surface area contributed by atoms with Crippen LogP contribution in [0.2, 0.25) is 0 Å². The summed E-state index contributed by atoms with van der Waals surface area (Å²) in [7, 11) is 0. The maximum Gasteiger partial charge on any atom is 0.307 e. The Labute approximate surface area is 106 Å². The molecule has 1 fully saturated rings. The van der Waals surface area contributed by atoms with Crippen molar-refractivity contribution in [3.63, 3.8) is 0 Å². The second kappa shape index (κ2) is 6.27. The summed E-state index contributed by atoms with van der Waals surface area (Å²) < 4.78 is 0. The van der Waals surface area contributed by atoms with Gasteiger partial charge in [-0.05, 0) is 24.7 Å². The highest BCUT2D eigenvalue weighted by atomic mass is 27.0. The zero-order valence-electron chi connectivity index (χ0n) is 9.14. The van der Waals surface area contributed by atoms with Crippen molar-refractivity contribution in [2.75, 3.05) is 0 Å². The van der Waals surface area contributed by atoms with Crippen LogP contribution in [0.1, 0.15) is 33.1 Å². The summed E-state index contributed by atoms with van der Waals surface area (Å²) in [6.45, 7) is 3.93. The van der Waals surface area contributed by atoms with Crippen LogP contribution < -0.4 is 0 Å². The maximum absolute atomic E-state index is 11.1. The lowest BCUT2D eigenvalue weighted by Gasteiger charge is -2.35. The highest BCUT2D eigenvalue weighted by Crippen LogP contribution is 2.39. The lowest BCUT2D eigenvalue weighted by molar-refractivity contribution is -0.159. The van der Waals surface area contributed by atoms with Crippen LogP contribution >= 0.6 is 0 Å². The molecule has 0 aliphatic heterocycles. The van der Waals surface area contributed by atoms with Crippen LogP contribution in [0.5, 0.6) is 0 Å². The first-order chi connectivity index (χ1) is 6.95. The Morgan fingerprint density at radius 2 is 1.69 bits per heavy atom. The van der Waals surface area contributed by atoms with E-state index in [4.69, 9.17) is 10.2 Å². The minimum absolute atomic E-state index is 0. The molecule has 0 heterocycles. The smallest absolute Gasteiger partial charge is 0.307 e. The Kier molecular flexibility index (Phi) is 6.06. The molecule has 1 aliphatic rings. The lowest BCUT2D eigenvalue weighted by atomic mass is 9.68. The summed E-state index contributed by atoms with van der Waals surface area (Å²) in [6, 6.07) is 0. The van der Waals surface area contributed by atoms with Gasteiger partial charge in [-0.2, -0.15) is 0 Å². The van der Waals surface area contributed by atoms with Gasteiger partial charge in [-0.1, -0.05) is 20.3 Å². The SMILES string of the molecule is CC(C)C1CCCC(C(=O)O)C1C(=O)O.[AlH3]. The Morgan fingerprint density at radius 1 is 1.12 bits per heavy atom. The highest BCUT2D eigenvalue weighted by molar-refractivity contribution is 5.80. The molecular weight excluding hydrogens is 223 g/mol. The van der Waals surface area contributed by atoms with E-state index in [9.17, 15) is 9.59 Å².